The number of hydrogen-bond acceptors (Lipinski definition) is 14. The van der Waals surface area contributed by atoms with Crippen molar-refractivity contribution in [3.8, 4) is 11.8 Å². The zero-order chi connectivity index (χ0) is 42.7. The van der Waals surface area contributed by atoms with E-state index in [1.807, 2.05) is 24.3 Å². The fourth-order valence-corrected chi connectivity index (χ4v) is 8.24. The van der Waals surface area contributed by atoms with Gasteiger partial charge in [-0.15, -0.1) is 4.91 Å². The number of likely N-dealkylation sites (tertiary alicyclic amines) is 2. The number of aromatic nitrogens is 4. The van der Waals surface area contributed by atoms with Crippen molar-refractivity contribution < 1.29 is 27.4 Å². The minimum atomic E-state index is -0.429. The number of nitrogens with zero attached hydrogens (tertiary/aromatic N) is 7. The first kappa shape index (κ1) is 47.7. The number of rotatable bonds is 11. The summed E-state index contributed by atoms with van der Waals surface area (Å²) in [5, 5.41) is 2.80. The van der Waals surface area contributed by atoms with E-state index < -0.39 is 5.60 Å². The molecular formula is C42H51Cl3CuN8O4S2. The molecule has 8 rings (SSSR count). The molecule has 0 amide bonds. The summed E-state index contributed by atoms with van der Waals surface area (Å²) in [5.74, 6) is 2.52. The molecule has 2 N–H and O–H groups in total. The second-order valence-electron chi connectivity index (χ2n) is 15.3. The summed E-state index contributed by atoms with van der Waals surface area (Å²) in [6.45, 7) is 13.3. The Hall–Kier alpha value is -3.37. The first-order valence-corrected chi connectivity index (χ1v) is 24.2. The number of halogens is 3. The molecule has 2 aromatic carbocycles. The Morgan fingerprint density at radius 3 is 1.55 bits per heavy atom. The van der Waals surface area contributed by atoms with Gasteiger partial charge in [0, 0.05) is 25.2 Å². The normalized spacial score (nSPS) is 15.2. The Labute approximate surface area is 379 Å². The number of nitrogen functional groups attached to an aromatic ring is 1. The Bertz CT molecular complexity index is 2010. The van der Waals surface area contributed by atoms with Crippen molar-refractivity contribution in [1.82, 2.24) is 29.7 Å². The van der Waals surface area contributed by atoms with E-state index in [4.69, 9.17) is 26.8 Å². The van der Waals surface area contributed by atoms with Crippen LogP contribution in [0.15, 0.2) is 90.3 Å². The van der Waals surface area contributed by atoms with Gasteiger partial charge in [0.15, 0.2) is 14.9 Å². The molecule has 0 radical (unpaired) electrons. The van der Waals surface area contributed by atoms with Crippen LogP contribution in [0.1, 0.15) is 57.6 Å². The fraction of sp³-hybridized carbons (Fsp3) is 0.429. The Morgan fingerprint density at radius 1 is 0.700 bits per heavy atom. The van der Waals surface area contributed by atoms with Crippen molar-refractivity contribution in [1.29, 1.82) is 0 Å². The average Bonchev–Trinajstić information content (AvgIpc) is 3.81. The second-order valence-corrected chi connectivity index (χ2v) is 19.4. The summed E-state index contributed by atoms with van der Waals surface area (Å²) in [6.07, 6.45) is 4.67. The predicted molar refractivity (Wildman–Crippen MR) is 242 cm³/mol. The number of anilines is 1. The van der Waals surface area contributed by atoms with Gasteiger partial charge in [0.25, 0.3) is 0 Å². The summed E-state index contributed by atoms with van der Waals surface area (Å²) in [7, 11) is 9.34. The molecular weight excluding hydrogens is 915 g/mol. The molecule has 0 bridgehead atoms. The molecule has 6 heterocycles. The third kappa shape index (κ3) is 16.8. The van der Waals surface area contributed by atoms with E-state index in [1.54, 1.807) is 20.8 Å². The molecule has 6 aromatic rings. The number of nitrogens with two attached hydrogens (primary N) is 1. The third-order valence-corrected chi connectivity index (χ3v) is 11.5. The maximum absolute atomic E-state index is 9.35. The topological polar surface area (TPSA) is 141 Å². The Balaban J connectivity index is 0.000000186. The van der Waals surface area contributed by atoms with Gasteiger partial charge in [-0.05, 0) is 108 Å². The van der Waals surface area contributed by atoms with Gasteiger partial charge in [-0.3, -0.25) is 9.80 Å². The third-order valence-electron chi connectivity index (χ3n) is 9.61. The molecule has 2 saturated heterocycles. The molecule has 2 aliphatic heterocycles. The fourth-order valence-electron chi connectivity index (χ4n) is 6.58. The van der Waals surface area contributed by atoms with Crippen LogP contribution < -0.4 is 15.2 Å². The molecule has 18 heteroatoms. The number of thiazole rings is 2. The molecule has 0 atom stereocenters. The standard InChI is InChI=1S/C19H20ClN3OS.C19H22N4OS.C4H9NO2.2ClH.Cu/c2*20-19-21-16-6-7-17(22-18(16)25-19)24-13-15-8-10-23(11-9-15)12-14-4-2-1-3-5-14;1-4(2,3)7-5-6;;;/h1-7,15H,8-13H2;1-7,15H,8-13H2,(H2,20,21);1-3H3;2*1H;/q;;;;;+2/p-2. The van der Waals surface area contributed by atoms with Crippen molar-refractivity contribution in [2.75, 3.05) is 45.1 Å². The quantitative estimate of drug-likeness (QED) is 0.0753. The monoisotopic (exact) mass is 963 g/mol. The van der Waals surface area contributed by atoms with E-state index in [-0.39, 0.29) is 0 Å². The zero-order valence-corrected chi connectivity index (χ0v) is 38.7. The van der Waals surface area contributed by atoms with E-state index in [0.717, 1.165) is 86.3 Å². The van der Waals surface area contributed by atoms with Crippen LogP contribution in [0.4, 0.5) is 5.13 Å². The Morgan fingerprint density at radius 2 is 1.13 bits per heavy atom. The van der Waals surface area contributed by atoms with Gasteiger partial charge in [-0.1, -0.05) is 94.9 Å². The van der Waals surface area contributed by atoms with E-state index in [9.17, 15) is 4.91 Å². The van der Waals surface area contributed by atoms with Gasteiger partial charge in [-0.2, -0.15) is 0 Å². The number of fused-ring (bicyclic) bond motifs is 2. The van der Waals surface area contributed by atoms with Crippen molar-refractivity contribution in [3.63, 3.8) is 0 Å². The average molecular weight is 966 g/mol. The summed E-state index contributed by atoms with van der Waals surface area (Å²) >= 11 is 9.47. The summed E-state index contributed by atoms with van der Waals surface area (Å²) in [5.41, 5.74) is 9.73. The number of benzene rings is 2. The predicted octanol–water partition coefficient (Wildman–Crippen LogP) is 11.1. The van der Waals surface area contributed by atoms with Gasteiger partial charge in [-0.25, -0.2) is 19.9 Å². The van der Waals surface area contributed by atoms with Gasteiger partial charge in [0.2, 0.25) is 11.8 Å². The van der Waals surface area contributed by atoms with Crippen LogP contribution in [0.5, 0.6) is 11.8 Å². The summed E-state index contributed by atoms with van der Waals surface area (Å²) in [6, 6.07) is 29.0. The van der Waals surface area contributed by atoms with Gasteiger partial charge < -0.3 is 20.0 Å². The van der Waals surface area contributed by atoms with E-state index in [0.29, 0.717) is 33.2 Å². The summed E-state index contributed by atoms with van der Waals surface area (Å²) in [4.78, 5) is 37.8. The van der Waals surface area contributed by atoms with E-state index in [1.165, 1.54) is 59.5 Å². The van der Waals surface area contributed by atoms with Crippen molar-refractivity contribution in [2.45, 2.75) is 65.1 Å². The molecule has 0 spiro atoms. The first-order valence-electron chi connectivity index (χ1n) is 19.6. The van der Waals surface area contributed by atoms with Crippen LogP contribution in [-0.4, -0.2) is 74.7 Å². The Kier molecular flexibility index (Phi) is 19.8. The number of ether oxygens (including phenoxy) is 2. The summed E-state index contributed by atoms with van der Waals surface area (Å²) < 4.78 is 12.4. The molecule has 0 aliphatic carbocycles. The van der Waals surface area contributed by atoms with Gasteiger partial charge in [0.1, 0.15) is 26.3 Å². The van der Waals surface area contributed by atoms with Crippen LogP contribution in [-0.2, 0) is 31.1 Å². The van der Waals surface area contributed by atoms with Gasteiger partial charge in [0.05, 0.1) is 13.2 Å². The van der Waals surface area contributed by atoms with Crippen LogP contribution in [0, 0.1) is 16.7 Å². The minimum absolute atomic E-state index is 0.429. The molecule has 60 heavy (non-hydrogen) atoms. The SMILES string of the molecule is CC(C)(C)ON=O.Clc1nc2ccc(OCC3CCN(Cc4ccccc4)CC3)nc2s1.Nc1nc2ccc(OCC3CCN(Cc4ccccc4)CC3)nc2s1.[Cl][Cu][Cl]. The molecule has 0 unspecified atom stereocenters. The van der Waals surface area contributed by atoms with Crippen molar-refractivity contribution in [3.05, 3.63) is 105 Å². The van der Waals surface area contributed by atoms with Crippen LogP contribution >= 0.6 is 54.5 Å². The molecule has 327 valence electrons. The van der Waals surface area contributed by atoms with Gasteiger partial charge >= 0.3 is 33.3 Å². The van der Waals surface area contributed by atoms with E-state index in [2.05, 4.69) is 121 Å². The van der Waals surface area contributed by atoms with E-state index >= 15 is 0 Å². The van der Waals surface area contributed by atoms with Crippen LogP contribution in [0.3, 0.4) is 0 Å². The number of hydrogen-bond donors (Lipinski definition) is 1. The van der Waals surface area contributed by atoms with Crippen LogP contribution in [0.25, 0.3) is 20.7 Å². The molecule has 4 aromatic heterocycles. The maximum atomic E-state index is 9.35. The van der Waals surface area contributed by atoms with Crippen molar-refractivity contribution >= 4 is 80.3 Å². The van der Waals surface area contributed by atoms with Crippen molar-refractivity contribution in [2.24, 2.45) is 17.2 Å². The molecule has 0 saturated carbocycles. The molecule has 2 fully saturated rings. The second kappa shape index (κ2) is 24.9. The first-order chi connectivity index (χ1) is 29.0. The number of pyridine rings is 2. The zero-order valence-electron chi connectivity index (χ0n) is 33.8. The van der Waals surface area contributed by atoms with Crippen LogP contribution in [0.2, 0.25) is 4.47 Å². The molecule has 2 aliphatic rings. The molecule has 12 nitrogen and oxygen atoms in total. The number of piperidine rings is 2.